The van der Waals surface area contributed by atoms with Crippen molar-refractivity contribution in [3.05, 3.63) is 74.6 Å². The maximum atomic E-state index is 14.2. The van der Waals surface area contributed by atoms with E-state index in [2.05, 4.69) is 20.9 Å². The van der Waals surface area contributed by atoms with Gasteiger partial charge in [0.05, 0.1) is 16.9 Å². The fourth-order valence-electron chi connectivity index (χ4n) is 2.80. The summed E-state index contributed by atoms with van der Waals surface area (Å²) in [4.78, 5) is 30.1. The van der Waals surface area contributed by atoms with Crippen LogP contribution in [0.4, 0.5) is 15.2 Å². The van der Waals surface area contributed by atoms with Crippen molar-refractivity contribution in [2.24, 2.45) is 0 Å². The second-order valence-corrected chi connectivity index (χ2v) is 7.70. The Bertz CT molecular complexity index is 1270. The van der Waals surface area contributed by atoms with Gasteiger partial charge < -0.3 is 4.42 Å². The Kier molecular flexibility index (Phi) is 4.82. The average Bonchev–Trinajstić information content (AvgIpc) is 3.12. The van der Waals surface area contributed by atoms with Crippen LogP contribution in [0.5, 0.6) is 0 Å². The zero-order valence-electron chi connectivity index (χ0n) is 14.5. The summed E-state index contributed by atoms with van der Waals surface area (Å²) in [5, 5.41) is 2.64. The van der Waals surface area contributed by atoms with E-state index in [9.17, 15) is 14.0 Å². The molecular weight excluding hydrogens is 447 g/mol. The largest absolute Gasteiger partial charge is 0.422 e. The predicted octanol–water partition coefficient (Wildman–Crippen LogP) is 5.50. The SMILES string of the molecule is CC(=O)N(c1nc(-c2cc3cc(Br)ccc3oc2=O)cs1)c1ccccc1F. The number of benzene rings is 2. The number of halogens is 2. The highest BCUT2D eigenvalue weighted by Gasteiger charge is 2.22. The van der Waals surface area contributed by atoms with Gasteiger partial charge in [0.2, 0.25) is 5.91 Å². The smallest absolute Gasteiger partial charge is 0.345 e. The summed E-state index contributed by atoms with van der Waals surface area (Å²) in [6, 6.07) is 13.0. The Morgan fingerprint density at radius 2 is 2.00 bits per heavy atom. The lowest BCUT2D eigenvalue weighted by molar-refractivity contribution is -0.115. The molecule has 2 heterocycles. The summed E-state index contributed by atoms with van der Waals surface area (Å²) in [6.45, 7) is 1.33. The van der Waals surface area contributed by atoms with E-state index >= 15 is 0 Å². The minimum Gasteiger partial charge on any atom is -0.422 e. The van der Waals surface area contributed by atoms with Crippen molar-refractivity contribution in [1.29, 1.82) is 0 Å². The summed E-state index contributed by atoms with van der Waals surface area (Å²) < 4.78 is 20.4. The lowest BCUT2D eigenvalue weighted by Gasteiger charge is -2.18. The first kappa shape index (κ1) is 18.5. The maximum Gasteiger partial charge on any atom is 0.345 e. The van der Waals surface area contributed by atoms with Gasteiger partial charge in [-0.15, -0.1) is 11.3 Å². The number of para-hydroxylation sites is 1. The molecule has 0 spiro atoms. The zero-order chi connectivity index (χ0) is 19.8. The molecule has 2 aromatic heterocycles. The second-order valence-electron chi connectivity index (χ2n) is 5.95. The first-order valence-corrected chi connectivity index (χ1v) is 9.86. The molecule has 0 bridgehead atoms. The van der Waals surface area contributed by atoms with Gasteiger partial charge in [-0.2, -0.15) is 0 Å². The Morgan fingerprint density at radius 3 is 2.75 bits per heavy atom. The summed E-state index contributed by atoms with van der Waals surface area (Å²) >= 11 is 4.53. The van der Waals surface area contributed by atoms with Gasteiger partial charge in [0.1, 0.15) is 11.4 Å². The van der Waals surface area contributed by atoms with E-state index in [1.165, 1.54) is 24.0 Å². The Balaban J connectivity index is 1.82. The minimum atomic E-state index is -0.537. The van der Waals surface area contributed by atoms with Gasteiger partial charge >= 0.3 is 5.63 Å². The van der Waals surface area contributed by atoms with Crippen LogP contribution in [-0.2, 0) is 4.79 Å². The maximum absolute atomic E-state index is 14.2. The van der Waals surface area contributed by atoms with E-state index in [1.807, 2.05) is 6.07 Å². The van der Waals surface area contributed by atoms with Crippen molar-refractivity contribution in [3.8, 4) is 11.3 Å². The quantitative estimate of drug-likeness (QED) is 0.380. The fourth-order valence-corrected chi connectivity index (χ4v) is 4.06. The normalized spacial score (nSPS) is 11.0. The Hall–Kier alpha value is -2.84. The topological polar surface area (TPSA) is 63.4 Å². The number of anilines is 2. The van der Waals surface area contributed by atoms with Crippen LogP contribution in [0.15, 0.2) is 67.6 Å². The third-order valence-corrected chi connectivity index (χ3v) is 5.38. The molecule has 4 rings (SSSR count). The van der Waals surface area contributed by atoms with Crippen LogP contribution in [-0.4, -0.2) is 10.9 Å². The van der Waals surface area contributed by atoms with Crippen LogP contribution in [0.3, 0.4) is 0 Å². The molecule has 0 unspecified atom stereocenters. The van der Waals surface area contributed by atoms with Crippen molar-refractivity contribution in [2.75, 3.05) is 4.90 Å². The highest BCUT2D eigenvalue weighted by molar-refractivity contribution is 9.10. The fraction of sp³-hybridized carbons (Fsp3) is 0.0500. The molecule has 0 N–H and O–H groups in total. The number of thiazole rings is 1. The van der Waals surface area contributed by atoms with E-state index in [4.69, 9.17) is 4.42 Å². The van der Waals surface area contributed by atoms with Gasteiger partial charge in [0.25, 0.3) is 0 Å². The molecule has 0 aliphatic heterocycles. The molecule has 1 amide bonds. The van der Waals surface area contributed by atoms with Crippen LogP contribution in [0.25, 0.3) is 22.2 Å². The number of hydrogen-bond donors (Lipinski definition) is 0. The molecule has 5 nitrogen and oxygen atoms in total. The van der Waals surface area contributed by atoms with Crippen LogP contribution in [0.2, 0.25) is 0 Å². The number of rotatable bonds is 3. The van der Waals surface area contributed by atoms with Crippen molar-refractivity contribution in [1.82, 2.24) is 4.98 Å². The number of carbonyl (C=O) groups excluding carboxylic acids is 1. The highest BCUT2D eigenvalue weighted by atomic mass is 79.9. The number of fused-ring (bicyclic) bond motifs is 1. The number of nitrogens with zero attached hydrogens (tertiary/aromatic N) is 2. The second kappa shape index (κ2) is 7.29. The lowest BCUT2D eigenvalue weighted by atomic mass is 10.1. The third kappa shape index (κ3) is 3.36. The summed E-state index contributed by atoms with van der Waals surface area (Å²) in [5.41, 5.74) is 0.657. The van der Waals surface area contributed by atoms with Crippen LogP contribution < -0.4 is 10.5 Å². The van der Waals surface area contributed by atoms with E-state index in [1.54, 1.807) is 35.7 Å². The molecule has 2 aromatic carbocycles. The van der Waals surface area contributed by atoms with Gasteiger partial charge in [-0.1, -0.05) is 28.1 Å². The molecule has 0 aliphatic carbocycles. The number of aromatic nitrogens is 1. The molecule has 4 aromatic rings. The van der Waals surface area contributed by atoms with E-state index < -0.39 is 11.4 Å². The van der Waals surface area contributed by atoms with E-state index in [-0.39, 0.29) is 22.3 Å². The lowest BCUT2D eigenvalue weighted by Crippen LogP contribution is -2.23. The first-order chi connectivity index (χ1) is 13.4. The summed E-state index contributed by atoms with van der Waals surface area (Å²) in [5.74, 6) is -0.926. The van der Waals surface area contributed by atoms with Crippen molar-refractivity contribution >= 4 is 55.0 Å². The van der Waals surface area contributed by atoms with Gasteiger partial charge in [-0.25, -0.2) is 14.2 Å². The molecular formula is C20H12BrFN2O3S. The van der Waals surface area contributed by atoms with Gasteiger partial charge in [0.15, 0.2) is 5.13 Å². The number of carbonyl (C=O) groups is 1. The van der Waals surface area contributed by atoms with Gasteiger partial charge in [-0.3, -0.25) is 9.69 Å². The van der Waals surface area contributed by atoms with Crippen molar-refractivity contribution in [2.45, 2.75) is 6.92 Å². The van der Waals surface area contributed by atoms with Gasteiger partial charge in [0, 0.05) is 22.2 Å². The summed E-state index contributed by atoms with van der Waals surface area (Å²) in [6.07, 6.45) is 0. The molecule has 0 saturated carbocycles. The number of amides is 1. The molecule has 0 atom stereocenters. The standard InChI is InChI=1S/C20H12BrFN2O3S/c1-11(25)24(17-5-3-2-4-15(17)22)20-23-16(10-28-20)14-9-12-8-13(21)6-7-18(12)27-19(14)26/h2-10H,1H3. The van der Waals surface area contributed by atoms with Gasteiger partial charge in [-0.05, 0) is 36.4 Å². The van der Waals surface area contributed by atoms with Crippen LogP contribution in [0.1, 0.15) is 6.92 Å². The van der Waals surface area contributed by atoms with E-state index in [0.717, 1.165) is 21.2 Å². The summed E-state index contributed by atoms with van der Waals surface area (Å²) in [7, 11) is 0. The van der Waals surface area contributed by atoms with E-state index in [0.29, 0.717) is 11.3 Å². The first-order valence-electron chi connectivity index (χ1n) is 8.18. The predicted molar refractivity (Wildman–Crippen MR) is 111 cm³/mol. The Labute approximate surface area is 171 Å². The number of hydrogen-bond acceptors (Lipinski definition) is 5. The third-order valence-electron chi connectivity index (χ3n) is 4.06. The van der Waals surface area contributed by atoms with Crippen LogP contribution in [0, 0.1) is 5.82 Å². The van der Waals surface area contributed by atoms with Crippen LogP contribution >= 0.6 is 27.3 Å². The van der Waals surface area contributed by atoms with Crippen molar-refractivity contribution < 1.29 is 13.6 Å². The Morgan fingerprint density at radius 1 is 1.21 bits per heavy atom. The monoisotopic (exact) mass is 458 g/mol. The molecule has 0 saturated heterocycles. The molecule has 140 valence electrons. The molecule has 0 aliphatic rings. The molecule has 28 heavy (non-hydrogen) atoms. The molecule has 8 heteroatoms. The average molecular weight is 459 g/mol. The van der Waals surface area contributed by atoms with Crippen molar-refractivity contribution in [3.63, 3.8) is 0 Å². The molecule has 0 radical (unpaired) electrons. The highest BCUT2D eigenvalue weighted by Crippen LogP contribution is 2.33. The molecule has 0 fully saturated rings. The zero-order valence-corrected chi connectivity index (χ0v) is 16.9. The minimum absolute atomic E-state index is 0.102.